The van der Waals surface area contributed by atoms with Crippen molar-refractivity contribution >= 4 is 18.0 Å². The Morgan fingerprint density at radius 1 is 0.952 bits per heavy atom. The Balaban J connectivity index is 2.54. The molecule has 0 saturated carbocycles. The molecule has 0 bridgehead atoms. The topological polar surface area (TPSA) is 34.1 Å². The van der Waals surface area contributed by atoms with Crippen LogP contribution in [0.2, 0.25) is 0 Å². The maximum Gasteiger partial charge on any atom is 0.417 e. The maximum absolute atomic E-state index is 13.0. The number of carbonyl (C=O) groups is 1. The van der Waals surface area contributed by atoms with Crippen LogP contribution >= 0.6 is 7.14 Å². The first kappa shape index (κ1) is 15.5. The second-order valence-electron chi connectivity index (χ2n) is 4.61. The van der Waals surface area contributed by atoms with E-state index in [2.05, 4.69) is 0 Å². The van der Waals surface area contributed by atoms with Crippen molar-refractivity contribution in [2.45, 2.75) is 6.18 Å². The molecule has 2 aromatic carbocycles. The molecule has 0 heterocycles. The van der Waals surface area contributed by atoms with Gasteiger partial charge in [0.2, 0.25) is 5.52 Å². The van der Waals surface area contributed by atoms with E-state index in [1.54, 1.807) is 18.2 Å². The molecular weight excluding hydrogens is 300 g/mol. The van der Waals surface area contributed by atoms with Crippen LogP contribution in [0.4, 0.5) is 13.2 Å². The summed E-state index contributed by atoms with van der Waals surface area (Å²) < 4.78 is 51.6. The summed E-state index contributed by atoms with van der Waals surface area (Å²) in [5, 5.41) is 0.243. The molecule has 110 valence electrons. The number of benzene rings is 2. The van der Waals surface area contributed by atoms with Crippen LogP contribution in [0, 0.1) is 0 Å². The van der Waals surface area contributed by atoms with Crippen molar-refractivity contribution in [1.82, 2.24) is 0 Å². The van der Waals surface area contributed by atoms with Gasteiger partial charge in [0, 0.05) is 17.5 Å². The molecule has 0 fully saturated rings. The Kier molecular flexibility index (Phi) is 4.06. The van der Waals surface area contributed by atoms with E-state index in [4.69, 9.17) is 0 Å². The normalized spacial score (nSPS) is 14.5. The van der Waals surface area contributed by atoms with Gasteiger partial charge < -0.3 is 4.57 Å². The second-order valence-corrected chi connectivity index (χ2v) is 7.38. The maximum atomic E-state index is 13.0. The van der Waals surface area contributed by atoms with Crippen LogP contribution in [-0.2, 0) is 10.7 Å². The predicted molar refractivity (Wildman–Crippen MR) is 75.4 cm³/mol. The van der Waals surface area contributed by atoms with Crippen molar-refractivity contribution in [1.29, 1.82) is 0 Å². The second kappa shape index (κ2) is 5.49. The molecule has 2 rings (SSSR count). The number of hydrogen-bond acceptors (Lipinski definition) is 2. The standard InChI is InChI=1S/C15H12F3O2P/c1-21(20,11-7-3-2-4-8-11)14(19)12-9-5-6-10-13(12)15(16,17)18/h2-10H,1H3. The van der Waals surface area contributed by atoms with Crippen molar-refractivity contribution in [2.24, 2.45) is 0 Å². The van der Waals surface area contributed by atoms with Crippen LogP contribution in [-0.4, -0.2) is 12.2 Å². The molecule has 2 nitrogen and oxygen atoms in total. The summed E-state index contributed by atoms with van der Waals surface area (Å²) in [5.74, 6) is 0. The highest BCUT2D eigenvalue weighted by Crippen LogP contribution is 2.46. The fraction of sp³-hybridized carbons (Fsp3) is 0.133. The highest BCUT2D eigenvalue weighted by atomic mass is 31.2. The zero-order chi connectivity index (χ0) is 15.7. The molecule has 0 spiro atoms. The minimum atomic E-state index is -4.66. The molecular formula is C15H12F3O2P. The summed E-state index contributed by atoms with van der Waals surface area (Å²) in [6.07, 6.45) is -4.66. The summed E-state index contributed by atoms with van der Waals surface area (Å²) in [5.41, 5.74) is -2.60. The first-order valence-electron chi connectivity index (χ1n) is 6.09. The van der Waals surface area contributed by atoms with Gasteiger partial charge >= 0.3 is 6.18 Å². The number of halogens is 3. The first-order valence-corrected chi connectivity index (χ1v) is 8.24. The van der Waals surface area contributed by atoms with E-state index in [0.29, 0.717) is 0 Å². The third kappa shape index (κ3) is 3.08. The molecule has 2 aromatic rings. The molecule has 0 aliphatic heterocycles. The van der Waals surface area contributed by atoms with Gasteiger partial charge in [-0.25, -0.2) is 0 Å². The highest BCUT2D eigenvalue weighted by Gasteiger charge is 2.38. The van der Waals surface area contributed by atoms with E-state index in [1.807, 2.05) is 0 Å². The van der Waals surface area contributed by atoms with E-state index >= 15 is 0 Å². The summed E-state index contributed by atoms with van der Waals surface area (Å²) in [7, 11) is -3.59. The third-order valence-electron chi connectivity index (χ3n) is 3.10. The monoisotopic (exact) mass is 312 g/mol. The van der Waals surface area contributed by atoms with E-state index in [1.165, 1.54) is 30.9 Å². The van der Waals surface area contributed by atoms with Gasteiger partial charge in [-0.2, -0.15) is 13.2 Å². The minimum absolute atomic E-state index is 0.243. The number of carbonyl (C=O) groups excluding carboxylic acids is 1. The van der Waals surface area contributed by atoms with Crippen molar-refractivity contribution in [3.63, 3.8) is 0 Å². The van der Waals surface area contributed by atoms with Crippen molar-refractivity contribution in [3.8, 4) is 0 Å². The van der Waals surface area contributed by atoms with Gasteiger partial charge in [-0.15, -0.1) is 0 Å². The molecule has 1 atom stereocenters. The summed E-state index contributed by atoms with van der Waals surface area (Å²) in [4.78, 5) is 12.4. The lowest BCUT2D eigenvalue weighted by molar-refractivity contribution is -0.137. The molecule has 0 N–H and O–H groups in total. The molecule has 0 aliphatic carbocycles. The van der Waals surface area contributed by atoms with E-state index in [9.17, 15) is 22.5 Å². The van der Waals surface area contributed by atoms with Crippen molar-refractivity contribution in [2.75, 3.05) is 6.66 Å². The van der Waals surface area contributed by atoms with E-state index in [0.717, 1.165) is 12.1 Å². The van der Waals surface area contributed by atoms with Gasteiger partial charge in [-0.1, -0.05) is 48.5 Å². The minimum Gasteiger partial charge on any atom is -0.310 e. The Hall–Kier alpha value is -1.87. The summed E-state index contributed by atoms with van der Waals surface area (Å²) >= 11 is 0. The molecule has 0 radical (unpaired) electrons. The highest BCUT2D eigenvalue weighted by molar-refractivity contribution is 7.86. The third-order valence-corrected chi connectivity index (χ3v) is 5.40. The van der Waals surface area contributed by atoms with E-state index in [-0.39, 0.29) is 5.30 Å². The SMILES string of the molecule is CP(=O)(C(=O)c1ccccc1C(F)(F)F)c1ccccc1. The molecule has 0 aromatic heterocycles. The average Bonchev–Trinajstić information content (AvgIpc) is 2.46. The Bertz CT molecular complexity index is 708. The molecule has 0 saturated heterocycles. The van der Waals surface area contributed by atoms with Crippen LogP contribution in [0.3, 0.4) is 0 Å². The molecule has 21 heavy (non-hydrogen) atoms. The largest absolute Gasteiger partial charge is 0.417 e. The summed E-state index contributed by atoms with van der Waals surface area (Å²) in [6.45, 7) is 1.19. The fourth-order valence-corrected chi connectivity index (χ4v) is 3.61. The average molecular weight is 312 g/mol. The number of alkyl halides is 3. The Labute approximate surface area is 120 Å². The zero-order valence-corrected chi connectivity index (χ0v) is 12.0. The molecule has 0 amide bonds. The lowest BCUT2D eigenvalue weighted by atomic mass is 10.1. The quantitative estimate of drug-likeness (QED) is 0.797. The molecule has 0 aliphatic rings. The zero-order valence-electron chi connectivity index (χ0n) is 11.1. The van der Waals surface area contributed by atoms with Gasteiger partial charge in [0.15, 0.2) is 7.14 Å². The lowest BCUT2D eigenvalue weighted by Crippen LogP contribution is -2.17. The van der Waals surface area contributed by atoms with Gasteiger partial charge in [-0.05, 0) is 6.07 Å². The molecule has 1 unspecified atom stereocenters. The van der Waals surface area contributed by atoms with Crippen molar-refractivity contribution in [3.05, 3.63) is 65.7 Å². The van der Waals surface area contributed by atoms with Gasteiger partial charge in [0.1, 0.15) is 0 Å². The Morgan fingerprint density at radius 3 is 2.05 bits per heavy atom. The van der Waals surface area contributed by atoms with Crippen LogP contribution in [0.25, 0.3) is 0 Å². The molecule has 6 heteroatoms. The van der Waals surface area contributed by atoms with Crippen LogP contribution in [0.15, 0.2) is 54.6 Å². The predicted octanol–water partition coefficient (Wildman–Crippen LogP) is 4.16. The number of hydrogen-bond donors (Lipinski definition) is 0. The Morgan fingerprint density at radius 2 is 1.48 bits per heavy atom. The van der Waals surface area contributed by atoms with Crippen LogP contribution in [0.5, 0.6) is 0 Å². The van der Waals surface area contributed by atoms with E-state index < -0.39 is 30.0 Å². The smallest absolute Gasteiger partial charge is 0.310 e. The van der Waals surface area contributed by atoms with Crippen LogP contribution < -0.4 is 5.30 Å². The van der Waals surface area contributed by atoms with Gasteiger partial charge in [-0.3, -0.25) is 4.79 Å². The van der Waals surface area contributed by atoms with Gasteiger partial charge in [0.25, 0.3) is 0 Å². The number of rotatable bonds is 3. The summed E-state index contributed by atoms with van der Waals surface area (Å²) in [6, 6.07) is 12.2. The van der Waals surface area contributed by atoms with Crippen molar-refractivity contribution < 1.29 is 22.5 Å². The fourth-order valence-electron chi connectivity index (χ4n) is 1.98. The van der Waals surface area contributed by atoms with Crippen LogP contribution in [0.1, 0.15) is 15.9 Å². The lowest BCUT2D eigenvalue weighted by Gasteiger charge is -2.16. The van der Waals surface area contributed by atoms with Gasteiger partial charge in [0.05, 0.1) is 5.56 Å². The first-order chi connectivity index (χ1) is 9.74.